The van der Waals surface area contributed by atoms with Gasteiger partial charge < -0.3 is 5.73 Å². The molecule has 1 fully saturated rings. The van der Waals surface area contributed by atoms with Crippen LogP contribution in [0, 0.1) is 21.4 Å². The second kappa shape index (κ2) is 8.48. The average Bonchev–Trinajstić information content (AvgIpc) is 3.25. The predicted octanol–water partition coefficient (Wildman–Crippen LogP) is 2.43. The van der Waals surface area contributed by atoms with Crippen LogP contribution in [-0.2, 0) is 0 Å². The standard InChI is InChI=1S/C19H18N8O2S/c20-9-16(25-5-7-30-8-6-25)13-1-2-17(23-10-13)26-12-14(11-24-26)15-3-4-22-19(21)18(15)27(28)29/h1-4,10-12,16H,5-8H2,(H2,21,22). The fraction of sp³-hybridized carbons (Fsp3) is 0.263. The molecule has 0 aliphatic carbocycles. The van der Waals surface area contributed by atoms with Crippen LogP contribution in [0.4, 0.5) is 11.5 Å². The summed E-state index contributed by atoms with van der Waals surface area (Å²) in [5, 5.41) is 25.3. The molecule has 152 valence electrons. The Labute approximate surface area is 176 Å². The maximum absolute atomic E-state index is 11.4. The van der Waals surface area contributed by atoms with E-state index >= 15 is 0 Å². The zero-order chi connectivity index (χ0) is 21.1. The second-order valence-electron chi connectivity index (χ2n) is 6.65. The third-order valence-corrected chi connectivity index (χ3v) is 5.83. The molecule has 10 nitrogen and oxygen atoms in total. The maximum atomic E-state index is 11.4. The summed E-state index contributed by atoms with van der Waals surface area (Å²) in [6, 6.07) is 7.22. The van der Waals surface area contributed by atoms with E-state index in [-0.39, 0.29) is 17.5 Å². The van der Waals surface area contributed by atoms with Gasteiger partial charge >= 0.3 is 5.69 Å². The molecule has 1 atom stereocenters. The van der Waals surface area contributed by atoms with Crippen LogP contribution in [0.5, 0.6) is 0 Å². The summed E-state index contributed by atoms with van der Waals surface area (Å²) in [6.07, 6.45) is 6.26. The third kappa shape index (κ3) is 3.83. The molecule has 1 aliphatic heterocycles. The molecule has 4 heterocycles. The molecular formula is C19H18N8O2S. The van der Waals surface area contributed by atoms with Crippen molar-refractivity contribution in [3.63, 3.8) is 0 Å². The molecule has 0 spiro atoms. The van der Waals surface area contributed by atoms with Crippen LogP contribution in [0.25, 0.3) is 16.9 Å². The molecule has 3 aromatic rings. The highest BCUT2D eigenvalue weighted by Gasteiger charge is 2.23. The van der Waals surface area contributed by atoms with Crippen LogP contribution >= 0.6 is 11.8 Å². The van der Waals surface area contributed by atoms with Crippen molar-refractivity contribution in [2.24, 2.45) is 0 Å². The quantitative estimate of drug-likeness (QED) is 0.485. The molecule has 0 aromatic carbocycles. The molecule has 11 heteroatoms. The summed E-state index contributed by atoms with van der Waals surface area (Å²) < 4.78 is 1.53. The number of rotatable bonds is 5. The number of thioether (sulfide) groups is 1. The van der Waals surface area contributed by atoms with E-state index in [1.54, 1.807) is 18.5 Å². The van der Waals surface area contributed by atoms with E-state index in [0.29, 0.717) is 16.9 Å². The zero-order valence-corrected chi connectivity index (χ0v) is 16.7. The molecule has 0 saturated carbocycles. The fourth-order valence-corrected chi connectivity index (χ4v) is 4.31. The Kier molecular flexibility index (Phi) is 5.60. The van der Waals surface area contributed by atoms with Crippen LogP contribution in [0.1, 0.15) is 11.6 Å². The van der Waals surface area contributed by atoms with Crippen molar-refractivity contribution in [1.82, 2.24) is 24.6 Å². The molecule has 1 unspecified atom stereocenters. The van der Waals surface area contributed by atoms with Crippen molar-refractivity contribution in [1.29, 1.82) is 5.26 Å². The summed E-state index contributed by atoms with van der Waals surface area (Å²) in [6.45, 7) is 1.75. The summed E-state index contributed by atoms with van der Waals surface area (Å²) in [7, 11) is 0. The molecule has 0 amide bonds. The summed E-state index contributed by atoms with van der Waals surface area (Å²) in [4.78, 5) is 21.2. The first-order valence-corrected chi connectivity index (χ1v) is 10.4. The predicted molar refractivity (Wildman–Crippen MR) is 113 cm³/mol. The van der Waals surface area contributed by atoms with Gasteiger partial charge in [0.15, 0.2) is 5.82 Å². The van der Waals surface area contributed by atoms with Gasteiger partial charge in [0.05, 0.1) is 22.8 Å². The Hall–Kier alpha value is -3.49. The number of pyridine rings is 2. The molecule has 30 heavy (non-hydrogen) atoms. The normalized spacial score (nSPS) is 15.4. The molecule has 2 N–H and O–H groups in total. The summed E-state index contributed by atoms with van der Waals surface area (Å²) >= 11 is 1.89. The number of nitrogen functional groups attached to an aromatic ring is 1. The van der Waals surface area contributed by atoms with Crippen LogP contribution < -0.4 is 5.73 Å². The Morgan fingerprint density at radius 3 is 2.70 bits per heavy atom. The lowest BCUT2D eigenvalue weighted by Crippen LogP contribution is -2.35. The first-order valence-electron chi connectivity index (χ1n) is 9.20. The monoisotopic (exact) mass is 422 g/mol. The van der Waals surface area contributed by atoms with Crippen LogP contribution in [0.3, 0.4) is 0 Å². The third-order valence-electron chi connectivity index (χ3n) is 4.88. The lowest BCUT2D eigenvalue weighted by molar-refractivity contribution is -0.383. The number of anilines is 1. The smallest absolute Gasteiger partial charge is 0.319 e. The van der Waals surface area contributed by atoms with E-state index in [9.17, 15) is 15.4 Å². The van der Waals surface area contributed by atoms with Crippen molar-refractivity contribution in [2.45, 2.75) is 6.04 Å². The highest BCUT2D eigenvalue weighted by atomic mass is 32.2. The summed E-state index contributed by atoms with van der Waals surface area (Å²) in [5.41, 5.74) is 7.12. The number of hydrogen-bond donors (Lipinski definition) is 1. The van der Waals surface area contributed by atoms with Gasteiger partial charge in [-0.2, -0.15) is 22.1 Å². The molecule has 0 bridgehead atoms. The van der Waals surface area contributed by atoms with Crippen molar-refractivity contribution < 1.29 is 4.92 Å². The van der Waals surface area contributed by atoms with E-state index in [2.05, 4.69) is 26.0 Å². The van der Waals surface area contributed by atoms with Gasteiger partial charge in [-0.3, -0.25) is 15.0 Å². The van der Waals surface area contributed by atoms with Gasteiger partial charge in [0.2, 0.25) is 5.82 Å². The van der Waals surface area contributed by atoms with E-state index in [1.165, 1.54) is 23.1 Å². The first kappa shape index (κ1) is 19.8. The Bertz CT molecular complexity index is 1100. The highest BCUT2D eigenvalue weighted by Crippen LogP contribution is 2.33. The van der Waals surface area contributed by atoms with E-state index in [1.807, 2.05) is 17.8 Å². The number of nitrogens with zero attached hydrogens (tertiary/aromatic N) is 7. The largest absolute Gasteiger partial charge is 0.378 e. The zero-order valence-electron chi connectivity index (χ0n) is 15.9. The van der Waals surface area contributed by atoms with Crippen molar-refractivity contribution in [3.05, 3.63) is 58.7 Å². The fourth-order valence-electron chi connectivity index (χ4n) is 3.38. The van der Waals surface area contributed by atoms with Crippen LogP contribution in [0.2, 0.25) is 0 Å². The van der Waals surface area contributed by atoms with Gasteiger partial charge in [-0.1, -0.05) is 6.07 Å². The maximum Gasteiger partial charge on any atom is 0.319 e. The van der Waals surface area contributed by atoms with E-state index in [0.717, 1.165) is 30.2 Å². The van der Waals surface area contributed by atoms with Gasteiger partial charge in [-0.05, 0) is 12.1 Å². The van der Waals surface area contributed by atoms with Gasteiger partial charge in [0.25, 0.3) is 0 Å². The number of nitro groups is 1. The minimum atomic E-state index is -0.552. The van der Waals surface area contributed by atoms with Gasteiger partial charge in [0.1, 0.15) is 6.04 Å². The Morgan fingerprint density at radius 1 is 1.23 bits per heavy atom. The molecule has 3 aromatic heterocycles. The second-order valence-corrected chi connectivity index (χ2v) is 7.88. The van der Waals surface area contributed by atoms with E-state index in [4.69, 9.17) is 5.73 Å². The highest BCUT2D eigenvalue weighted by molar-refractivity contribution is 7.99. The minimum Gasteiger partial charge on any atom is -0.378 e. The average molecular weight is 422 g/mol. The first-order chi connectivity index (χ1) is 14.6. The molecule has 0 radical (unpaired) electrons. The van der Waals surface area contributed by atoms with Gasteiger partial charge in [0, 0.05) is 54.3 Å². The van der Waals surface area contributed by atoms with Crippen LogP contribution in [0.15, 0.2) is 43.0 Å². The minimum absolute atomic E-state index is 0.147. The van der Waals surface area contributed by atoms with Gasteiger partial charge in [-0.15, -0.1) is 0 Å². The number of aromatic nitrogens is 4. The lowest BCUT2D eigenvalue weighted by Gasteiger charge is -2.30. The number of hydrogen-bond acceptors (Lipinski definition) is 9. The summed E-state index contributed by atoms with van der Waals surface area (Å²) in [5.74, 6) is 2.43. The van der Waals surface area contributed by atoms with Crippen molar-refractivity contribution in [3.8, 4) is 23.0 Å². The van der Waals surface area contributed by atoms with Crippen molar-refractivity contribution in [2.75, 3.05) is 30.3 Å². The van der Waals surface area contributed by atoms with Crippen LogP contribution in [-0.4, -0.2) is 54.2 Å². The molecule has 1 aliphatic rings. The lowest BCUT2D eigenvalue weighted by atomic mass is 10.1. The Balaban J connectivity index is 1.60. The Morgan fingerprint density at radius 2 is 2.03 bits per heavy atom. The molecular weight excluding hydrogens is 404 g/mol. The van der Waals surface area contributed by atoms with Crippen molar-refractivity contribution >= 4 is 23.3 Å². The molecule has 1 saturated heterocycles. The topological polar surface area (TPSA) is 140 Å². The number of nitriles is 1. The van der Waals surface area contributed by atoms with E-state index < -0.39 is 4.92 Å². The van der Waals surface area contributed by atoms with Gasteiger partial charge in [-0.25, -0.2) is 14.6 Å². The SMILES string of the molecule is N#CC(c1ccc(-n2cc(-c3ccnc(N)c3[N+](=O)[O-])cn2)nc1)N1CCSCC1. The number of nitrogens with two attached hydrogens (primary N) is 1. The molecule has 4 rings (SSSR count).